The van der Waals surface area contributed by atoms with E-state index in [4.69, 9.17) is 10.8 Å². The lowest BCUT2D eigenvalue weighted by Crippen LogP contribution is -2.58. The SMILES string of the molecule is CCC(C)C(NC(=O)C(N)Cc1ccccc1)C(=O)NC(Cc1cnc[nH]1)C(=O)NCC(=O)O. The van der Waals surface area contributed by atoms with Crippen LogP contribution in [0.1, 0.15) is 31.5 Å². The van der Waals surface area contributed by atoms with Gasteiger partial charge in [0, 0.05) is 18.3 Å². The molecule has 11 heteroatoms. The summed E-state index contributed by atoms with van der Waals surface area (Å²) >= 11 is 0. The molecule has 1 heterocycles. The number of imidazole rings is 1. The Morgan fingerprint density at radius 3 is 2.35 bits per heavy atom. The van der Waals surface area contributed by atoms with Crippen LogP contribution in [-0.2, 0) is 32.0 Å². The fourth-order valence-corrected chi connectivity index (χ4v) is 3.30. The Kier molecular flexibility index (Phi) is 10.2. The molecule has 4 unspecified atom stereocenters. The molecule has 1 aromatic heterocycles. The number of carboxylic acids is 1. The van der Waals surface area contributed by atoms with Crippen LogP contribution in [0, 0.1) is 5.92 Å². The van der Waals surface area contributed by atoms with E-state index in [1.807, 2.05) is 44.2 Å². The molecule has 1 aromatic carbocycles. The van der Waals surface area contributed by atoms with E-state index in [9.17, 15) is 19.2 Å². The second-order valence-corrected chi connectivity index (χ2v) is 8.12. The zero-order valence-electron chi connectivity index (χ0n) is 19.3. The van der Waals surface area contributed by atoms with Crippen LogP contribution in [0.3, 0.4) is 0 Å². The van der Waals surface area contributed by atoms with Crippen LogP contribution in [0.25, 0.3) is 0 Å². The van der Waals surface area contributed by atoms with Crippen molar-refractivity contribution in [2.75, 3.05) is 6.54 Å². The van der Waals surface area contributed by atoms with Crippen LogP contribution in [0.2, 0.25) is 0 Å². The quantitative estimate of drug-likeness (QED) is 0.232. The second kappa shape index (κ2) is 13.1. The van der Waals surface area contributed by atoms with Gasteiger partial charge in [-0.25, -0.2) is 4.98 Å². The third kappa shape index (κ3) is 8.32. The van der Waals surface area contributed by atoms with Crippen molar-refractivity contribution in [3.63, 3.8) is 0 Å². The summed E-state index contributed by atoms with van der Waals surface area (Å²) in [6.45, 7) is 3.10. The van der Waals surface area contributed by atoms with Crippen LogP contribution >= 0.6 is 0 Å². The van der Waals surface area contributed by atoms with Gasteiger partial charge >= 0.3 is 5.97 Å². The first-order valence-electron chi connectivity index (χ1n) is 11.1. The highest BCUT2D eigenvalue weighted by Gasteiger charge is 2.31. The first-order chi connectivity index (χ1) is 16.2. The maximum Gasteiger partial charge on any atom is 0.322 e. The summed E-state index contributed by atoms with van der Waals surface area (Å²) in [5, 5.41) is 16.5. The average Bonchev–Trinajstić information content (AvgIpc) is 3.33. The molecule has 4 atom stereocenters. The molecule has 0 aliphatic heterocycles. The molecule has 2 aromatic rings. The molecule has 7 N–H and O–H groups in total. The number of hydrogen-bond donors (Lipinski definition) is 6. The van der Waals surface area contributed by atoms with Crippen LogP contribution in [0.4, 0.5) is 0 Å². The molecule has 0 aliphatic carbocycles. The lowest BCUT2D eigenvalue weighted by atomic mass is 9.96. The lowest BCUT2D eigenvalue weighted by Gasteiger charge is -2.27. The predicted molar refractivity (Wildman–Crippen MR) is 124 cm³/mol. The minimum absolute atomic E-state index is 0.0614. The van der Waals surface area contributed by atoms with Crippen LogP contribution < -0.4 is 21.7 Å². The van der Waals surface area contributed by atoms with Gasteiger partial charge in [-0.15, -0.1) is 0 Å². The average molecular weight is 473 g/mol. The summed E-state index contributed by atoms with van der Waals surface area (Å²) in [5.74, 6) is -3.17. The number of aliphatic carboxylic acids is 1. The Labute approximate surface area is 197 Å². The molecule has 0 fully saturated rings. The maximum absolute atomic E-state index is 13.2. The Hall–Kier alpha value is -3.73. The zero-order chi connectivity index (χ0) is 25.1. The van der Waals surface area contributed by atoms with Crippen molar-refractivity contribution < 1.29 is 24.3 Å². The monoisotopic (exact) mass is 472 g/mol. The van der Waals surface area contributed by atoms with Gasteiger partial charge in [0.2, 0.25) is 17.7 Å². The van der Waals surface area contributed by atoms with Crippen molar-refractivity contribution >= 4 is 23.7 Å². The molecule has 0 spiro atoms. The third-order valence-electron chi connectivity index (χ3n) is 5.45. The largest absolute Gasteiger partial charge is 0.480 e. The molecule has 0 radical (unpaired) electrons. The van der Waals surface area contributed by atoms with E-state index in [0.717, 1.165) is 5.56 Å². The van der Waals surface area contributed by atoms with Crippen LogP contribution in [-0.4, -0.2) is 63.4 Å². The zero-order valence-corrected chi connectivity index (χ0v) is 19.3. The first kappa shape index (κ1) is 26.5. The van der Waals surface area contributed by atoms with Gasteiger partial charge in [0.25, 0.3) is 0 Å². The number of amides is 3. The molecule has 11 nitrogen and oxygen atoms in total. The van der Waals surface area contributed by atoms with Gasteiger partial charge in [0.05, 0.1) is 12.4 Å². The molecular weight excluding hydrogens is 440 g/mol. The topological polar surface area (TPSA) is 179 Å². The molecule has 0 saturated carbocycles. The van der Waals surface area contributed by atoms with Crippen molar-refractivity contribution in [3.05, 3.63) is 54.1 Å². The standard InChI is InChI=1S/C23H32N6O5/c1-3-14(2)20(29-21(32)17(24)9-15-7-5-4-6-8-15)23(34)28-18(10-16-11-25-13-27-16)22(33)26-12-19(30)31/h4-8,11,13-14,17-18,20H,3,9-10,12,24H2,1-2H3,(H,25,27)(H,26,33)(H,28,34)(H,29,32)(H,30,31). The normalized spacial score (nSPS) is 14.3. The summed E-state index contributed by atoms with van der Waals surface area (Å²) in [4.78, 5) is 56.1. The Morgan fingerprint density at radius 1 is 1.06 bits per heavy atom. The highest BCUT2D eigenvalue weighted by molar-refractivity contribution is 5.94. The molecule has 184 valence electrons. The van der Waals surface area contributed by atoms with Gasteiger partial charge in [0.15, 0.2) is 0 Å². The fraction of sp³-hybridized carbons (Fsp3) is 0.435. The Balaban J connectivity index is 2.11. The number of hydrogen-bond acceptors (Lipinski definition) is 6. The Bertz CT molecular complexity index is 950. The molecule has 0 bridgehead atoms. The fourth-order valence-electron chi connectivity index (χ4n) is 3.30. The van der Waals surface area contributed by atoms with Gasteiger partial charge in [-0.3, -0.25) is 19.2 Å². The van der Waals surface area contributed by atoms with Gasteiger partial charge in [-0.05, 0) is 17.9 Å². The number of benzene rings is 1. The molecule has 0 aliphatic rings. The van der Waals surface area contributed by atoms with E-state index in [2.05, 4.69) is 25.9 Å². The summed E-state index contributed by atoms with van der Waals surface area (Å²) in [5.41, 5.74) is 7.54. The van der Waals surface area contributed by atoms with E-state index < -0.39 is 48.4 Å². The highest BCUT2D eigenvalue weighted by atomic mass is 16.4. The lowest BCUT2D eigenvalue weighted by molar-refractivity contribution is -0.138. The van der Waals surface area contributed by atoms with Gasteiger partial charge in [-0.2, -0.15) is 0 Å². The van der Waals surface area contributed by atoms with Crippen molar-refractivity contribution in [1.29, 1.82) is 0 Å². The number of H-pyrrole nitrogens is 1. The smallest absolute Gasteiger partial charge is 0.322 e. The number of carbonyl (C=O) groups is 4. The van der Waals surface area contributed by atoms with E-state index >= 15 is 0 Å². The summed E-state index contributed by atoms with van der Waals surface area (Å²) in [7, 11) is 0. The second-order valence-electron chi connectivity index (χ2n) is 8.12. The van der Waals surface area contributed by atoms with Gasteiger partial charge < -0.3 is 31.8 Å². The van der Waals surface area contributed by atoms with E-state index in [0.29, 0.717) is 18.5 Å². The number of nitrogens with one attached hydrogen (secondary N) is 4. The number of nitrogens with two attached hydrogens (primary N) is 1. The number of aromatic amines is 1. The Morgan fingerprint density at radius 2 is 1.76 bits per heavy atom. The van der Waals surface area contributed by atoms with E-state index in [1.54, 1.807) is 0 Å². The first-order valence-corrected chi connectivity index (χ1v) is 11.1. The van der Waals surface area contributed by atoms with E-state index in [-0.39, 0.29) is 12.3 Å². The minimum Gasteiger partial charge on any atom is -0.480 e. The predicted octanol–water partition coefficient (Wildman–Crippen LogP) is -0.261. The number of nitrogens with zero attached hydrogens (tertiary/aromatic N) is 1. The number of carboxylic acid groups (broad SMARTS) is 1. The summed E-state index contributed by atoms with van der Waals surface area (Å²) in [6.07, 6.45) is 3.88. The van der Waals surface area contributed by atoms with Crippen molar-refractivity contribution in [2.45, 2.75) is 51.2 Å². The minimum atomic E-state index is -1.21. The number of aromatic nitrogens is 2. The highest BCUT2D eigenvalue weighted by Crippen LogP contribution is 2.10. The molecule has 3 amide bonds. The molecule has 2 rings (SSSR count). The van der Waals surface area contributed by atoms with Crippen LogP contribution in [0.15, 0.2) is 42.9 Å². The van der Waals surface area contributed by atoms with Crippen molar-refractivity contribution in [3.8, 4) is 0 Å². The third-order valence-corrected chi connectivity index (χ3v) is 5.45. The van der Waals surface area contributed by atoms with Crippen LogP contribution in [0.5, 0.6) is 0 Å². The number of rotatable bonds is 13. The number of carbonyl (C=O) groups excluding carboxylic acids is 3. The molecule has 34 heavy (non-hydrogen) atoms. The summed E-state index contributed by atoms with van der Waals surface area (Å²) in [6, 6.07) is 6.43. The summed E-state index contributed by atoms with van der Waals surface area (Å²) < 4.78 is 0. The van der Waals surface area contributed by atoms with Gasteiger partial charge in [0.1, 0.15) is 18.6 Å². The van der Waals surface area contributed by atoms with Crippen molar-refractivity contribution in [1.82, 2.24) is 25.9 Å². The molecular formula is C23H32N6O5. The van der Waals surface area contributed by atoms with Crippen molar-refractivity contribution in [2.24, 2.45) is 11.7 Å². The van der Waals surface area contributed by atoms with E-state index in [1.165, 1.54) is 12.5 Å². The maximum atomic E-state index is 13.2. The van der Waals surface area contributed by atoms with Gasteiger partial charge in [-0.1, -0.05) is 50.6 Å². The molecule has 0 saturated heterocycles.